The Morgan fingerprint density at radius 3 is 2.78 bits per heavy atom. The molecule has 0 saturated carbocycles. The van der Waals surface area contributed by atoms with Crippen molar-refractivity contribution >= 4 is 5.91 Å². The second-order valence-corrected chi connectivity index (χ2v) is 5.22. The molecular weight excluding hydrogens is 228 g/mol. The molecule has 5 nitrogen and oxygen atoms in total. The first-order chi connectivity index (χ1) is 8.54. The summed E-state index contributed by atoms with van der Waals surface area (Å²) < 4.78 is 0. The highest BCUT2D eigenvalue weighted by Crippen LogP contribution is 2.13. The standard InChI is InChI=1S/C13H24N4O/c1-15(2)12-6-4-9-17(10-12)11-13(18)16(3)8-5-7-14/h12H,4-6,8-11H2,1-3H3. The van der Waals surface area contributed by atoms with Crippen LogP contribution in [0.15, 0.2) is 0 Å². The molecule has 102 valence electrons. The van der Waals surface area contributed by atoms with E-state index in [1.807, 2.05) is 0 Å². The van der Waals surface area contributed by atoms with Gasteiger partial charge in [-0.3, -0.25) is 9.69 Å². The topological polar surface area (TPSA) is 50.6 Å². The van der Waals surface area contributed by atoms with E-state index >= 15 is 0 Å². The van der Waals surface area contributed by atoms with E-state index in [9.17, 15) is 4.79 Å². The van der Waals surface area contributed by atoms with Gasteiger partial charge < -0.3 is 9.80 Å². The van der Waals surface area contributed by atoms with Crippen LogP contribution in [0.1, 0.15) is 19.3 Å². The van der Waals surface area contributed by atoms with Crippen molar-refractivity contribution in [3.63, 3.8) is 0 Å². The molecule has 0 bridgehead atoms. The zero-order valence-electron chi connectivity index (χ0n) is 11.7. The number of likely N-dealkylation sites (tertiary alicyclic amines) is 1. The fourth-order valence-corrected chi connectivity index (χ4v) is 2.25. The molecule has 0 N–H and O–H groups in total. The van der Waals surface area contributed by atoms with Crippen LogP contribution in [0.2, 0.25) is 0 Å². The summed E-state index contributed by atoms with van der Waals surface area (Å²) >= 11 is 0. The highest BCUT2D eigenvalue weighted by molar-refractivity contribution is 5.78. The molecule has 1 fully saturated rings. The summed E-state index contributed by atoms with van der Waals surface area (Å²) in [5, 5.41) is 8.51. The fourth-order valence-electron chi connectivity index (χ4n) is 2.25. The van der Waals surface area contributed by atoms with E-state index in [0.29, 0.717) is 25.6 Å². The van der Waals surface area contributed by atoms with Crippen LogP contribution in [0.25, 0.3) is 0 Å². The molecule has 1 aliphatic rings. The van der Waals surface area contributed by atoms with Crippen molar-refractivity contribution in [2.45, 2.75) is 25.3 Å². The van der Waals surface area contributed by atoms with Crippen LogP contribution in [0.4, 0.5) is 0 Å². The van der Waals surface area contributed by atoms with Gasteiger partial charge in [0.1, 0.15) is 0 Å². The van der Waals surface area contributed by atoms with Crippen LogP contribution in [0, 0.1) is 11.3 Å². The summed E-state index contributed by atoms with van der Waals surface area (Å²) in [4.78, 5) is 18.1. The van der Waals surface area contributed by atoms with Crippen LogP contribution in [-0.4, -0.2) is 74.0 Å². The zero-order valence-corrected chi connectivity index (χ0v) is 11.7. The third kappa shape index (κ3) is 4.63. The molecule has 1 saturated heterocycles. The Labute approximate surface area is 110 Å². The van der Waals surface area contributed by atoms with E-state index in [-0.39, 0.29) is 5.91 Å². The quantitative estimate of drug-likeness (QED) is 0.710. The Bertz CT molecular complexity index is 311. The van der Waals surface area contributed by atoms with Gasteiger partial charge in [-0.25, -0.2) is 0 Å². The first-order valence-corrected chi connectivity index (χ1v) is 6.54. The highest BCUT2D eigenvalue weighted by Gasteiger charge is 2.23. The molecule has 0 aromatic heterocycles. The van der Waals surface area contributed by atoms with Crippen molar-refractivity contribution in [1.29, 1.82) is 5.26 Å². The van der Waals surface area contributed by atoms with Gasteiger partial charge in [0.15, 0.2) is 0 Å². The minimum atomic E-state index is 0.115. The lowest BCUT2D eigenvalue weighted by atomic mass is 10.1. The van der Waals surface area contributed by atoms with Gasteiger partial charge in [0, 0.05) is 26.2 Å². The zero-order chi connectivity index (χ0) is 13.5. The number of rotatable bonds is 5. The number of nitriles is 1. The maximum Gasteiger partial charge on any atom is 0.236 e. The smallest absolute Gasteiger partial charge is 0.236 e. The van der Waals surface area contributed by atoms with Gasteiger partial charge in [0.05, 0.1) is 19.0 Å². The number of likely N-dealkylation sites (N-methyl/N-ethyl adjacent to an activating group) is 2. The van der Waals surface area contributed by atoms with E-state index in [4.69, 9.17) is 5.26 Å². The lowest BCUT2D eigenvalue weighted by molar-refractivity contribution is -0.131. The molecule has 18 heavy (non-hydrogen) atoms. The average molecular weight is 252 g/mol. The molecule has 1 aliphatic heterocycles. The minimum Gasteiger partial charge on any atom is -0.344 e. The number of hydrogen-bond acceptors (Lipinski definition) is 4. The monoisotopic (exact) mass is 252 g/mol. The predicted molar refractivity (Wildman–Crippen MR) is 71.0 cm³/mol. The molecule has 0 aromatic carbocycles. The van der Waals surface area contributed by atoms with Gasteiger partial charge in [-0.1, -0.05) is 0 Å². The Kier molecular flexibility index (Phi) is 6.10. The number of amides is 1. The van der Waals surface area contributed by atoms with Gasteiger partial charge in [0.25, 0.3) is 0 Å². The van der Waals surface area contributed by atoms with E-state index < -0.39 is 0 Å². The number of hydrogen-bond donors (Lipinski definition) is 0. The second kappa shape index (κ2) is 7.34. The summed E-state index contributed by atoms with van der Waals surface area (Å²) in [6.45, 7) is 2.97. The number of carbonyl (C=O) groups excluding carboxylic acids is 1. The van der Waals surface area contributed by atoms with Crippen LogP contribution >= 0.6 is 0 Å². The Hall–Kier alpha value is -1.12. The SMILES string of the molecule is CN(CCC#N)C(=O)CN1CCCC(N(C)C)C1. The third-order valence-electron chi connectivity index (χ3n) is 3.55. The molecule has 1 rings (SSSR count). The third-order valence-corrected chi connectivity index (χ3v) is 3.55. The Balaban J connectivity index is 2.37. The van der Waals surface area contributed by atoms with E-state index in [1.54, 1.807) is 11.9 Å². The molecule has 0 aromatic rings. The van der Waals surface area contributed by atoms with Gasteiger partial charge in [-0.2, -0.15) is 5.26 Å². The first-order valence-electron chi connectivity index (χ1n) is 6.54. The lowest BCUT2D eigenvalue weighted by Gasteiger charge is -2.36. The Morgan fingerprint density at radius 2 is 2.17 bits per heavy atom. The largest absolute Gasteiger partial charge is 0.344 e. The average Bonchev–Trinajstić information content (AvgIpc) is 2.36. The maximum absolute atomic E-state index is 12.0. The molecular formula is C13H24N4O. The van der Waals surface area contributed by atoms with Crippen LogP contribution in [0.5, 0.6) is 0 Å². The maximum atomic E-state index is 12.0. The van der Waals surface area contributed by atoms with Gasteiger partial charge in [0.2, 0.25) is 5.91 Å². The van der Waals surface area contributed by atoms with Crippen molar-refractivity contribution in [2.24, 2.45) is 0 Å². The van der Waals surface area contributed by atoms with Crippen molar-refractivity contribution < 1.29 is 4.79 Å². The Morgan fingerprint density at radius 1 is 1.44 bits per heavy atom. The number of carbonyl (C=O) groups is 1. The molecule has 1 atom stereocenters. The van der Waals surface area contributed by atoms with E-state index in [2.05, 4.69) is 30.0 Å². The van der Waals surface area contributed by atoms with Crippen molar-refractivity contribution in [3.05, 3.63) is 0 Å². The molecule has 5 heteroatoms. The highest BCUT2D eigenvalue weighted by atomic mass is 16.2. The summed E-state index contributed by atoms with van der Waals surface area (Å²) in [5.74, 6) is 0.115. The van der Waals surface area contributed by atoms with Crippen LogP contribution in [0.3, 0.4) is 0 Å². The van der Waals surface area contributed by atoms with Crippen molar-refractivity contribution in [3.8, 4) is 6.07 Å². The van der Waals surface area contributed by atoms with Gasteiger partial charge >= 0.3 is 0 Å². The molecule has 0 spiro atoms. The predicted octanol–water partition coefficient (Wildman–Crippen LogP) is 0.384. The first kappa shape index (κ1) is 14.9. The number of nitrogens with zero attached hydrogens (tertiary/aromatic N) is 4. The van der Waals surface area contributed by atoms with E-state index in [1.165, 1.54) is 6.42 Å². The fraction of sp³-hybridized carbons (Fsp3) is 0.846. The summed E-state index contributed by atoms with van der Waals surface area (Å²) in [7, 11) is 5.96. The summed E-state index contributed by atoms with van der Waals surface area (Å²) in [6.07, 6.45) is 2.77. The van der Waals surface area contributed by atoms with Crippen molar-refractivity contribution in [2.75, 3.05) is 47.3 Å². The minimum absolute atomic E-state index is 0.115. The van der Waals surface area contributed by atoms with Crippen LogP contribution < -0.4 is 0 Å². The van der Waals surface area contributed by atoms with Crippen molar-refractivity contribution in [1.82, 2.24) is 14.7 Å². The summed E-state index contributed by atoms with van der Waals surface area (Å²) in [6, 6.07) is 2.62. The van der Waals surface area contributed by atoms with Gasteiger partial charge in [-0.15, -0.1) is 0 Å². The second-order valence-electron chi connectivity index (χ2n) is 5.22. The lowest BCUT2D eigenvalue weighted by Crippen LogP contribution is -2.48. The number of piperidine rings is 1. The molecule has 1 amide bonds. The molecule has 1 heterocycles. The molecule has 0 aliphatic carbocycles. The molecule has 0 radical (unpaired) electrons. The van der Waals surface area contributed by atoms with Crippen LogP contribution in [-0.2, 0) is 4.79 Å². The van der Waals surface area contributed by atoms with E-state index in [0.717, 1.165) is 19.5 Å². The molecule has 1 unspecified atom stereocenters. The normalized spacial score (nSPS) is 20.7. The summed E-state index contributed by atoms with van der Waals surface area (Å²) in [5.41, 5.74) is 0. The van der Waals surface area contributed by atoms with Gasteiger partial charge in [-0.05, 0) is 33.5 Å².